The molecule has 1 saturated carbocycles. The van der Waals surface area contributed by atoms with Crippen LogP contribution in [0.4, 0.5) is 0 Å². The highest BCUT2D eigenvalue weighted by atomic mass is 32.2. The van der Waals surface area contributed by atoms with Crippen molar-refractivity contribution >= 4 is 16.1 Å². The molecule has 6 heteroatoms. The zero-order valence-electron chi connectivity index (χ0n) is 15.4. The van der Waals surface area contributed by atoms with E-state index in [0.717, 1.165) is 24.8 Å². The van der Waals surface area contributed by atoms with Crippen molar-refractivity contribution in [2.75, 3.05) is 6.61 Å². The van der Waals surface area contributed by atoms with Gasteiger partial charge in [0.15, 0.2) is 0 Å². The molecule has 0 aliphatic heterocycles. The van der Waals surface area contributed by atoms with Gasteiger partial charge in [-0.15, -0.1) is 0 Å². The summed E-state index contributed by atoms with van der Waals surface area (Å²) in [4.78, 5) is 12.1. The minimum atomic E-state index is -3.68. The van der Waals surface area contributed by atoms with Crippen molar-refractivity contribution in [3.63, 3.8) is 0 Å². The van der Waals surface area contributed by atoms with Gasteiger partial charge >= 0.3 is 5.97 Å². The molecule has 25 heavy (non-hydrogen) atoms. The number of benzene rings is 1. The van der Waals surface area contributed by atoms with Crippen molar-refractivity contribution in [1.29, 1.82) is 0 Å². The van der Waals surface area contributed by atoms with Crippen molar-refractivity contribution in [3.8, 4) is 0 Å². The average Bonchev–Trinajstić information content (AvgIpc) is 3.25. The molecule has 0 heterocycles. The number of esters is 1. The highest BCUT2D eigenvalue weighted by Crippen LogP contribution is 2.43. The van der Waals surface area contributed by atoms with Gasteiger partial charge in [-0.3, -0.25) is 8.98 Å². The number of hydrogen-bond donors (Lipinski definition) is 0. The second-order valence-electron chi connectivity index (χ2n) is 7.72. The molecule has 0 unspecified atom stereocenters. The van der Waals surface area contributed by atoms with E-state index in [2.05, 4.69) is 0 Å². The molecule has 2 atom stereocenters. The lowest BCUT2D eigenvalue weighted by Crippen LogP contribution is -2.25. The first kappa shape index (κ1) is 19.9. The predicted molar refractivity (Wildman–Crippen MR) is 95.6 cm³/mol. The third kappa shape index (κ3) is 6.44. The maximum absolute atomic E-state index is 12.0. The summed E-state index contributed by atoms with van der Waals surface area (Å²) >= 11 is 0. The molecule has 1 aromatic carbocycles. The molecule has 5 nitrogen and oxygen atoms in total. The molecule has 1 aliphatic rings. The summed E-state index contributed by atoms with van der Waals surface area (Å²) in [6, 6.07) is 6.61. The second-order valence-corrected chi connectivity index (χ2v) is 9.34. The molecular formula is C19H28O5S. The van der Waals surface area contributed by atoms with Crippen LogP contribution in [0.25, 0.3) is 0 Å². The fourth-order valence-electron chi connectivity index (χ4n) is 2.68. The van der Waals surface area contributed by atoms with Gasteiger partial charge in [0.25, 0.3) is 10.1 Å². The normalized spacial score (nSPS) is 20.3. The number of carbonyl (C=O) groups is 1. The third-order valence-corrected chi connectivity index (χ3v) is 5.48. The fraction of sp³-hybridized carbons (Fsp3) is 0.632. The van der Waals surface area contributed by atoms with Crippen LogP contribution in [0.2, 0.25) is 0 Å². The highest BCUT2D eigenvalue weighted by molar-refractivity contribution is 7.86. The molecule has 0 N–H and O–H groups in total. The van der Waals surface area contributed by atoms with Crippen LogP contribution in [0.5, 0.6) is 0 Å². The summed E-state index contributed by atoms with van der Waals surface area (Å²) < 4.78 is 34.5. The third-order valence-electron chi connectivity index (χ3n) is 4.15. The summed E-state index contributed by atoms with van der Waals surface area (Å²) in [7, 11) is -3.68. The van der Waals surface area contributed by atoms with Gasteiger partial charge in [0.2, 0.25) is 0 Å². The van der Waals surface area contributed by atoms with Gasteiger partial charge in [-0.05, 0) is 65.0 Å². The van der Waals surface area contributed by atoms with Gasteiger partial charge in [-0.25, -0.2) is 0 Å². The average molecular weight is 368 g/mol. The lowest BCUT2D eigenvalue weighted by molar-refractivity contribution is -0.156. The number of aryl methyl sites for hydroxylation is 1. The van der Waals surface area contributed by atoms with E-state index in [1.165, 1.54) is 0 Å². The second kappa shape index (κ2) is 7.87. The van der Waals surface area contributed by atoms with E-state index in [0.29, 0.717) is 12.3 Å². The van der Waals surface area contributed by atoms with Gasteiger partial charge in [0.1, 0.15) is 5.60 Å². The van der Waals surface area contributed by atoms with E-state index in [-0.39, 0.29) is 23.4 Å². The van der Waals surface area contributed by atoms with Gasteiger partial charge < -0.3 is 4.74 Å². The van der Waals surface area contributed by atoms with Crippen molar-refractivity contribution in [1.82, 2.24) is 0 Å². The molecule has 1 aromatic rings. The lowest BCUT2D eigenvalue weighted by atomic mass is 10.1. The SMILES string of the molecule is Cc1ccc(S(=O)(=O)OCCCC[C@@H]2C[C@H]2C(=O)OC(C)(C)C)cc1. The van der Waals surface area contributed by atoms with Gasteiger partial charge in [0.05, 0.1) is 17.4 Å². The van der Waals surface area contributed by atoms with Crippen LogP contribution in [0.3, 0.4) is 0 Å². The van der Waals surface area contributed by atoms with Crippen LogP contribution in [0.15, 0.2) is 29.2 Å². The van der Waals surface area contributed by atoms with Crippen molar-refractivity contribution in [3.05, 3.63) is 29.8 Å². The number of ether oxygens (including phenoxy) is 1. The largest absolute Gasteiger partial charge is 0.460 e. The first-order valence-electron chi connectivity index (χ1n) is 8.77. The summed E-state index contributed by atoms with van der Waals surface area (Å²) in [5.74, 6) is 0.260. The maximum atomic E-state index is 12.0. The van der Waals surface area contributed by atoms with Crippen LogP contribution < -0.4 is 0 Å². The zero-order chi connectivity index (χ0) is 18.7. The Balaban J connectivity index is 1.64. The maximum Gasteiger partial charge on any atom is 0.309 e. The molecule has 2 rings (SSSR count). The number of rotatable bonds is 8. The van der Waals surface area contributed by atoms with Crippen LogP contribution >= 0.6 is 0 Å². The number of hydrogen-bond acceptors (Lipinski definition) is 5. The van der Waals surface area contributed by atoms with Crippen LogP contribution in [0.1, 0.15) is 52.0 Å². The minimum absolute atomic E-state index is 0.0106. The first-order valence-corrected chi connectivity index (χ1v) is 10.2. The van der Waals surface area contributed by atoms with Gasteiger partial charge in [0, 0.05) is 0 Å². The van der Waals surface area contributed by atoms with Gasteiger partial charge in [-0.2, -0.15) is 8.42 Å². The first-order chi connectivity index (χ1) is 11.6. The number of unbranched alkanes of at least 4 members (excludes halogenated alkanes) is 1. The molecule has 0 bridgehead atoms. The smallest absolute Gasteiger partial charge is 0.309 e. The van der Waals surface area contributed by atoms with Crippen LogP contribution in [-0.4, -0.2) is 26.6 Å². The van der Waals surface area contributed by atoms with Gasteiger partial charge in [-0.1, -0.05) is 24.1 Å². The molecule has 0 aromatic heterocycles. The Hall–Kier alpha value is -1.40. The highest BCUT2D eigenvalue weighted by Gasteiger charge is 2.44. The molecule has 1 aliphatic carbocycles. The van der Waals surface area contributed by atoms with E-state index in [1.807, 2.05) is 27.7 Å². The Morgan fingerprint density at radius 3 is 2.40 bits per heavy atom. The molecule has 0 saturated heterocycles. The Morgan fingerprint density at radius 1 is 1.16 bits per heavy atom. The molecule has 0 spiro atoms. The standard InChI is InChI=1S/C19H28O5S/c1-14-8-10-16(11-9-14)25(21,22)23-12-6-5-7-15-13-17(15)18(20)24-19(2,3)4/h8-11,15,17H,5-7,12-13H2,1-4H3/t15-,17-/m1/s1. The van der Waals surface area contributed by atoms with Crippen LogP contribution in [-0.2, 0) is 23.8 Å². The Bertz CT molecular complexity index is 686. The van der Waals surface area contributed by atoms with Crippen molar-refractivity contribution in [2.24, 2.45) is 11.8 Å². The molecule has 1 fully saturated rings. The van der Waals surface area contributed by atoms with Crippen LogP contribution in [0, 0.1) is 18.8 Å². The quantitative estimate of drug-likeness (QED) is 0.396. The topological polar surface area (TPSA) is 69.7 Å². The van der Waals surface area contributed by atoms with E-state index < -0.39 is 15.7 Å². The fourth-order valence-corrected chi connectivity index (χ4v) is 3.63. The molecule has 140 valence electrons. The van der Waals surface area contributed by atoms with E-state index >= 15 is 0 Å². The summed E-state index contributed by atoms with van der Waals surface area (Å²) in [5, 5.41) is 0. The zero-order valence-corrected chi connectivity index (χ0v) is 16.3. The predicted octanol–water partition coefficient (Wildman–Crippen LogP) is 3.85. The summed E-state index contributed by atoms with van der Waals surface area (Å²) in [6.45, 7) is 7.68. The number of carbonyl (C=O) groups excluding carboxylic acids is 1. The van der Waals surface area contributed by atoms with Crippen molar-refractivity contribution < 1.29 is 22.1 Å². The molecule has 0 radical (unpaired) electrons. The lowest BCUT2D eigenvalue weighted by Gasteiger charge is -2.19. The molecular weight excluding hydrogens is 340 g/mol. The summed E-state index contributed by atoms with van der Waals surface area (Å²) in [5.41, 5.74) is 0.561. The van der Waals surface area contributed by atoms with E-state index in [1.54, 1.807) is 24.3 Å². The monoisotopic (exact) mass is 368 g/mol. The van der Waals surface area contributed by atoms with Crippen molar-refractivity contribution in [2.45, 2.75) is 63.9 Å². The summed E-state index contributed by atoms with van der Waals surface area (Å²) in [6.07, 6.45) is 3.27. The Morgan fingerprint density at radius 2 is 1.80 bits per heavy atom. The Labute approximate surface area is 150 Å². The minimum Gasteiger partial charge on any atom is -0.460 e. The Kier molecular flexibility index (Phi) is 6.27. The molecule has 0 amide bonds. The van der Waals surface area contributed by atoms with E-state index in [9.17, 15) is 13.2 Å². The van der Waals surface area contributed by atoms with E-state index in [4.69, 9.17) is 8.92 Å².